The molecule has 1 amide bonds. The topological polar surface area (TPSA) is 131 Å². The first-order valence-corrected chi connectivity index (χ1v) is 12.7. The van der Waals surface area contributed by atoms with Gasteiger partial charge in [-0.15, -0.1) is 0 Å². The van der Waals surface area contributed by atoms with Gasteiger partial charge >= 0.3 is 0 Å². The van der Waals surface area contributed by atoms with Crippen LogP contribution >= 0.6 is 0 Å². The highest BCUT2D eigenvalue weighted by Crippen LogP contribution is 2.37. The molecule has 0 atom stereocenters. The SMILES string of the molecule is CC(C)n1ncc2c(N3CCCC3)c(NC(=O)c3ccc(=O)n(-c4c(F)cccc4F)n3)ccc21.NCCO. The summed E-state index contributed by atoms with van der Waals surface area (Å²) in [5, 5.41) is 20.0. The standard InChI is InChI=1S/C25H24F2N6O2.C2H7NO/c1-15(2)32-21-10-8-19(23(16(21)14-28-32)31-12-3-4-13-31)29-25(35)20-9-11-22(34)33(30-20)24-17(26)6-5-7-18(24)27;3-1-2-4/h5-11,14-15H,3-4,12-13H2,1-2H3,(H,29,35);4H,1-3H2. The number of nitrogens with one attached hydrogen (secondary N) is 1. The number of hydrogen-bond donors (Lipinski definition) is 3. The van der Waals surface area contributed by atoms with Crippen LogP contribution in [0.15, 0.2) is 53.5 Å². The Morgan fingerprint density at radius 2 is 1.74 bits per heavy atom. The van der Waals surface area contributed by atoms with Gasteiger partial charge in [-0.25, -0.2) is 8.78 Å². The lowest BCUT2D eigenvalue weighted by molar-refractivity contribution is 0.102. The summed E-state index contributed by atoms with van der Waals surface area (Å²) in [5.41, 5.74) is 5.63. The van der Waals surface area contributed by atoms with E-state index in [0.29, 0.717) is 16.9 Å². The van der Waals surface area contributed by atoms with Crippen LogP contribution < -0.4 is 21.5 Å². The van der Waals surface area contributed by atoms with E-state index >= 15 is 0 Å². The number of anilines is 2. The second-order valence-corrected chi connectivity index (χ2v) is 9.28. The molecule has 4 N–H and O–H groups in total. The van der Waals surface area contributed by atoms with E-state index in [0.717, 1.165) is 60.7 Å². The molecule has 0 saturated carbocycles. The van der Waals surface area contributed by atoms with Gasteiger partial charge in [0.2, 0.25) is 0 Å². The Bertz CT molecular complexity index is 1510. The van der Waals surface area contributed by atoms with E-state index in [1.54, 1.807) is 6.20 Å². The number of para-hydroxylation sites is 1. The Morgan fingerprint density at radius 3 is 2.36 bits per heavy atom. The van der Waals surface area contributed by atoms with Gasteiger partial charge in [-0.3, -0.25) is 14.3 Å². The number of carbonyl (C=O) groups is 1. The summed E-state index contributed by atoms with van der Waals surface area (Å²) >= 11 is 0. The van der Waals surface area contributed by atoms with Crippen LogP contribution in [0.3, 0.4) is 0 Å². The second-order valence-electron chi connectivity index (χ2n) is 9.28. The third-order valence-corrected chi connectivity index (χ3v) is 6.22. The maximum atomic E-state index is 14.3. The molecule has 0 radical (unpaired) electrons. The molecule has 0 unspecified atom stereocenters. The number of benzene rings is 2. The first-order valence-electron chi connectivity index (χ1n) is 12.7. The molecule has 4 aromatic rings. The molecule has 5 rings (SSSR count). The van der Waals surface area contributed by atoms with Crippen molar-refractivity contribution >= 4 is 28.2 Å². The van der Waals surface area contributed by atoms with Gasteiger partial charge in [-0.05, 0) is 57.0 Å². The van der Waals surface area contributed by atoms with E-state index in [1.807, 2.05) is 16.8 Å². The van der Waals surface area contributed by atoms with Gasteiger partial charge in [-0.2, -0.15) is 14.9 Å². The van der Waals surface area contributed by atoms with Gasteiger partial charge < -0.3 is 21.1 Å². The third kappa shape index (κ3) is 5.81. The first kappa shape index (κ1) is 27.9. The zero-order chi connectivity index (χ0) is 28.1. The number of rotatable bonds is 6. The maximum absolute atomic E-state index is 14.3. The highest BCUT2D eigenvalue weighted by molar-refractivity contribution is 6.08. The number of aliphatic hydroxyl groups is 1. The Morgan fingerprint density at radius 1 is 1.08 bits per heavy atom. The fourth-order valence-corrected chi connectivity index (χ4v) is 4.47. The predicted molar refractivity (Wildman–Crippen MR) is 145 cm³/mol. The van der Waals surface area contributed by atoms with Gasteiger partial charge in [0, 0.05) is 37.1 Å². The molecule has 1 aliphatic rings. The molecule has 12 heteroatoms. The van der Waals surface area contributed by atoms with Crippen LogP contribution in [0.4, 0.5) is 20.2 Å². The second kappa shape index (κ2) is 12.1. The molecule has 2 aromatic carbocycles. The zero-order valence-electron chi connectivity index (χ0n) is 21.8. The van der Waals surface area contributed by atoms with Crippen molar-refractivity contribution < 1.29 is 18.7 Å². The van der Waals surface area contributed by atoms with Crippen LogP contribution in [0.25, 0.3) is 16.6 Å². The van der Waals surface area contributed by atoms with Gasteiger partial charge in [0.15, 0.2) is 11.6 Å². The van der Waals surface area contributed by atoms with Crippen molar-refractivity contribution in [3.8, 4) is 5.69 Å². The number of aromatic nitrogens is 4. The van der Waals surface area contributed by atoms with Crippen LogP contribution in [0.2, 0.25) is 0 Å². The van der Waals surface area contributed by atoms with Crippen molar-refractivity contribution in [2.45, 2.75) is 32.7 Å². The Balaban J connectivity index is 0.000000826. The van der Waals surface area contributed by atoms with Crippen molar-refractivity contribution in [3.63, 3.8) is 0 Å². The summed E-state index contributed by atoms with van der Waals surface area (Å²) < 4.78 is 31.0. The fourth-order valence-electron chi connectivity index (χ4n) is 4.47. The van der Waals surface area contributed by atoms with Crippen molar-refractivity contribution in [3.05, 3.63) is 76.3 Å². The normalized spacial score (nSPS) is 13.1. The molecule has 2 aromatic heterocycles. The molecular formula is C27H31F2N7O3. The molecule has 0 spiro atoms. The summed E-state index contributed by atoms with van der Waals surface area (Å²) in [6.07, 6.45) is 3.89. The van der Waals surface area contributed by atoms with Crippen molar-refractivity contribution in [2.24, 2.45) is 5.73 Å². The Kier molecular flexibility index (Phi) is 8.67. The van der Waals surface area contributed by atoms with Gasteiger partial charge in [0.1, 0.15) is 11.4 Å². The highest BCUT2D eigenvalue weighted by Gasteiger charge is 2.23. The Labute approximate surface area is 223 Å². The molecule has 3 heterocycles. The predicted octanol–water partition coefficient (Wildman–Crippen LogP) is 3.23. The number of fused-ring (bicyclic) bond motifs is 1. The van der Waals surface area contributed by atoms with Gasteiger partial charge in [0.25, 0.3) is 11.5 Å². The molecule has 0 bridgehead atoms. The van der Waals surface area contributed by atoms with Crippen molar-refractivity contribution in [1.82, 2.24) is 19.6 Å². The fraction of sp³-hybridized carbons (Fsp3) is 0.333. The van der Waals surface area contributed by atoms with Crippen LogP contribution in [-0.4, -0.2) is 56.8 Å². The van der Waals surface area contributed by atoms with E-state index in [1.165, 1.54) is 12.1 Å². The number of hydrogen-bond acceptors (Lipinski definition) is 7. The quantitative estimate of drug-likeness (QED) is 0.343. The average Bonchev–Trinajstić information content (AvgIpc) is 3.60. The van der Waals surface area contributed by atoms with E-state index in [2.05, 4.69) is 34.3 Å². The molecule has 206 valence electrons. The Hall–Kier alpha value is -4.16. The lowest BCUT2D eigenvalue weighted by Crippen LogP contribution is -2.27. The number of amides is 1. The minimum absolute atomic E-state index is 0.0972. The van der Waals surface area contributed by atoms with Crippen LogP contribution in [0.5, 0.6) is 0 Å². The zero-order valence-corrected chi connectivity index (χ0v) is 21.8. The van der Waals surface area contributed by atoms with Gasteiger partial charge in [-0.1, -0.05) is 6.07 Å². The smallest absolute Gasteiger partial charge is 0.276 e. The molecule has 1 saturated heterocycles. The summed E-state index contributed by atoms with van der Waals surface area (Å²) in [4.78, 5) is 27.7. The molecule has 1 aliphatic heterocycles. The van der Waals surface area contributed by atoms with E-state index in [4.69, 9.17) is 10.8 Å². The van der Waals surface area contributed by atoms with Crippen LogP contribution in [0, 0.1) is 11.6 Å². The first-order chi connectivity index (χ1) is 18.8. The third-order valence-electron chi connectivity index (χ3n) is 6.22. The summed E-state index contributed by atoms with van der Waals surface area (Å²) in [6.45, 7) is 6.28. The molecule has 1 fully saturated rings. The average molecular weight is 540 g/mol. The maximum Gasteiger partial charge on any atom is 0.276 e. The minimum Gasteiger partial charge on any atom is -0.395 e. The summed E-state index contributed by atoms with van der Waals surface area (Å²) in [6, 6.07) is 9.42. The van der Waals surface area contributed by atoms with Gasteiger partial charge in [0.05, 0.1) is 29.7 Å². The largest absolute Gasteiger partial charge is 0.395 e. The lowest BCUT2D eigenvalue weighted by atomic mass is 10.1. The summed E-state index contributed by atoms with van der Waals surface area (Å²) in [5.74, 6) is -2.52. The monoisotopic (exact) mass is 539 g/mol. The molecule has 10 nitrogen and oxygen atoms in total. The highest BCUT2D eigenvalue weighted by atomic mass is 19.1. The van der Waals surface area contributed by atoms with E-state index in [9.17, 15) is 18.4 Å². The number of aliphatic hydroxyl groups excluding tert-OH is 1. The summed E-state index contributed by atoms with van der Waals surface area (Å²) in [7, 11) is 0. The van der Waals surface area contributed by atoms with Crippen LogP contribution in [0.1, 0.15) is 43.2 Å². The van der Waals surface area contributed by atoms with Crippen LogP contribution in [-0.2, 0) is 0 Å². The number of nitrogens with two attached hydrogens (primary N) is 1. The van der Waals surface area contributed by atoms with Crippen molar-refractivity contribution in [2.75, 3.05) is 36.5 Å². The number of halogens is 2. The van der Waals surface area contributed by atoms with E-state index < -0.39 is 28.8 Å². The molecule has 39 heavy (non-hydrogen) atoms. The minimum atomic E-state index is -0.957. The number of nitrogens with zero attached hydrogens (tertiary/aromatic N) is 5. The number of carbonyl (C=O) groups excluding carboxylic acids is 1. The van der Waals surface area contributed by atoms with Crippen molar-refractivity contribution in [1.29, 1.82) is 0 Å². The molecular weight excluding hydrogens is 508 g/mol. The lowest BCUT2D eigenvalue weighted by Gasteiger charge is -2.23. The molecule has 0 aliphatic carbocycles. The van der Waals surface area contributed by atoms with E-state index in [-0.39, 0.29) is 18.3 Å².